The molecule has 1 aromatic heterocycles. The summed E-state index contributed by atoms with van der Waals surface area (Å²) in [6, 6.07) is 5.11. The van der Waals surface area contributed by atoms with Gasteiger partial charge < -0.3 is 5.11 Å². The van der Waals surface area contributed by atoms with Crippen molar-refractivity contribution in [2.24, 2.45) is 5.41 Å². The predicted octanol–water partition coefficient (Wildman–Crippen LogP) is 2.74. The molecule has 0 amide bonds. The van der Waals surface area contributed by atoms with E-state index in [1.165, 1.54) is 0 Å². The molecule has 1 N–H and O–H groups in total. The van der Waals surface area contributed by atoms with Crippen LogP contribution in [0.25, 0.3) is 11.0 Å². The largest absolute Gasteiger partial charge is 0.478 e. The van der Waals surface area contributed by atoms with Crippen LogP contribution in [0.3, 0.4) is 0 Å². The van der Waals surface area contributed by atoms with E-state index in [-0.39, 0.29) is 17.0 Å². The van der Waals surface area contributed by atoms with Crippen LogP contribution < -0.4 is 0 Å². The van der Waals surface area contributed by atoms with E-state index in [9.17, 15) is 9.90 Å². The number of fused-ring (bicyclic) bond motifs is 1. The highest BCUT2D eigenvalue weighted by Crippen LogP contribution is 2.32. The van der Waals surface area contributed by atoms with Crippen LogP contribution in [0.4, 0.5) is 0 Å². The highest BCUT2D eigenvalue weighted by molar-refractivity contribution is 6.00. The number of rotatable bonds is 2. The number of hydrogen-bond donors (Lipinski definition) is 1. The van der Waals surface area contributed by atoms with Crippen molar-refractivity contribution in [2.75, 3.05) is 0 Å². The number of carboxylic acid groups (broad SMARTS) is 1. The van der Waals surface area contributed by atoms with Gasteiger partial charge >= 0.3 is 5.97 Å². The van der Waals surface area contributed by atoms with Crippen molar-refractivity contribution >= 4 is 17.0 Å². The molecule has 1 atom stereocenters. The van der Waals surface area contributed by atoms with Crippen molar-refractivity contribution in [1.29, 1.82) is 0 Å². The van der Waals surface area contributed by atoms with E-state index in [1.807, 2.05) is 6.92 Å². The lowest BCUT2D eigenvalue weighted by Gasteiger charge is -2.27. The van der Waals surface area contributed by atoms with E-state index in [0.29, 0.717) is 11.0 Å². The van der Waals surface area contributed by atoms with Crippen molar-refractivity contribution < 1.29 is 9.90 Å². The molecule has 0 saturated heterocycles. The second-order valence-corrected chi connectivity index (χ2v) is 5.55. The summed E-state index contributed by atoms with van der Waals surface area (Å²) in [7, 11) is 0. The molecular formula is C13H17N3O2. The van der Waals surface area contributed by atoms with Crippen molar-refractivity contribution in [3.05, 3.63) is 23.8 Å². The highest BCUT2D eigenvalue weighted by Gasteiger charge is 2.26. The van der Waals surface area contributed by atoms with Gasteiger partial charge in [0, 0.05) is 0 Å². The SMILES string of the molecule is CC(n1nnc2cccc(C(=O)O)c21)C(C)(C)C. The van der Waals surface area contributed by atoms with Crippen LogP contribution in [0, 0.1) is 5.41 Å². The van der Waals surface area contributed by atoms with Gasteiger partial charge in [-0.05, 0) is 24.5 Å². The van der Waals surface area contributed by atoms with E-state index in [0.717, 1.165) is 0 Å². The fraction of sp³-hybridized carbons (Fsp3) is 0.462. The molecule has 1 aromatic carbocycles. The number of benzene rings is 1. The molecule has 0 spiro atoms. The first-order chi connectivity index (χ1) is 8.32. The van der Waals surface area contributed by atoms with E-state index < -0.39 is 5.97 Å². The number of aromatic carboxylic acids is 1. The summed E-state index contributed by atoms with van der Waals surface area (Å²) < 4.78 is 1.71. The third-order valence-corrected chi connectivity index (χ3v) is 3.34. The number of carbonyl (C=O) groups is 1. The second kappa shape index (κ2) is 4.08. The maximum absolute atomic E-state index is 11.3. The molecule has 2 rings (SSSR count). The summed E-state index contributed by atoms with van der Waals surface area (Å²) in [5.74, 6) is -0.953. The minimum Gasteiger partial charge on any atom is -0.478 e. The molecule has 0 aliphatic heterocycles. The Morgan fingerprint density at radius 1 is 1.39 bits per heavy atom. The maximum atomic E-state index is 11.3. The zero-order chi connectivity index (χ0) is 13.5. The molecule has 0 fully saturated rings. The van der Waals surface area contributed by atoms with Gasteiger partial charge in [-0.15, -0.1) is 5.10 Å². The molecule has 96 valence electrons. The summed E-state index contributed by atoms with van der Waals surface area (Å²) in [6.45, 7) is 8.30. The van der Waals surface area contributed by atoms with Crippen LogP contribution in [-0.2, 0) is 0 Å². The minimum atomic E-state index is -0.953. The van der Waals surface area contributed by atoms with E-state index in [2.05, 4.69) is 31.1 Å². The molecule has 0 saturated carbocycles. The molecular weight excluding hydrogens is 230 g/mol. The minimum absolute atomic E-state index is 0.0216. The molecule has 5 heteroatoms. The standard InChI is InChI=1S/C13H17N3O2/c1-8(13(2,3)4)16-11-9(12(17)18)6-5-7-10(11)14-15-16/h5-8H,1-4H3,(H,17,18). The van der Waals surface area contributed by atoms with E-state index in [4.69, 9.17) is 0 Å². The molecule has 1 heterocycles. The Bertz CT molecular complexity index is 596. The van der Waals surface area contributed by atoms with Crippen LogP contribution in [0.1, 0.15) is 44.1 Å². The Morgan fingerprint density at radius 3 is 2.61 bits per heavy atom. The first-order valence-electron chi connectivity index (χ1n) is 5.89. The third kappa shape index (κ3) is 1.96. The quantitative estimate of drug-likeness (QED) is 0.886. The lowest BCUT2D eigenvalue weighted by atomic mass is 9.88. The van der Waals surface area contributed by atoms with Gasteiger partial charge in [-0.1, -0.05) is 32.1 Å². The number of carboxylic acids is 1. The van der Waals surface area contributed by atoms with Crippen molar-refractivity contribution in [3.8, 4) is 0 Å². The van der Waals surface area contributed by atoms with Crippen LogP contribution >= 0.6 is 0 Å². The average molecular weight is 247 g/mol. The van der Waals surface area contributed by atoms with Gasteiger partial charge in [0.25, 0.3) is 0 Å². The maximum Gasteiger partial charge on any atom is 0.337 e. The van der Waals surface area contributed by atoms with Gasteiger partial charge in [0.05, 0.1) is 11.6 Å². The molecule has 0 aliphatic rings. The van der Waals surface area contributed by atoms with Crippen LogP contribution in [0.15, 0.2) is 18.2 Å². The fourth-order valence-electron chi connectivity index (χ4n) is 1.80. The number of nitrogens with zero attached hydrogens (tertiary/aromatic N) is 3. The van der Waals surface area contributed by atoms with Crippen LogP contribution in [-0.4, -0.2) is 26.1 Å². The number of aromatic nitrogens is 3. The Hall–Kier alpha value is -1.91. The van der Waals surface area contributed by atoms with Gasteiger partial charge in [0.15, 0.2) is 0 Å². The van der Waals surface area contributed by atoms with E-state index >= 15 is 0 Å². The van der Waals surface area contributed by atoms with Crippen molar-refractivity contribution in [2.45, 2.75) is 33.7 Å². The van der Waals surface area contributed by atoms with Gasteiger partial charge in [0.1, 0.15) is 11.0 Å². The zero-order valence-electron chi connectivity index (χ0n) is 11.0. The predicted molar refractivity (Wildman–Crippen MR) is 68.7 cm³/mol. The summed E-state index contributed by atoms with van der Waals surface area (Å²) in [5.41, 5.74) is 1.43. The Balaban J connectivity index is 2.70. The number of hydrogen-bond acceptors (Lipinski definition) is 3. The Labute approximate surface area is 105 Å². The average Bonchev–Trinajstić information content (AvgIpc) is 2.69. The molecule has 2 aromatic rings. The molecule has 0 radical (unpaired) electrons. The lowest BCUT2D eigenvalue weighted by Crippen LogP contribution is -2.23. The van der Waals surface area contributed by atoms with Crippen molar-refractivity contribution in [1.82, 2.24) is 15.0 Å². The molecule has 0 bridgehead atoms. The topological polar surface area (TPSA) is 68.0 Å². The van der Waals surface area contributed by atoms with Crippen molar-refractivity contribution in [3.63, 3.8) is 0 Å². The van der Waals surface area contributed by atoms with Crippen LogP contribution in [0.2, 0.25) is 0 Å². The smallest absolute Gasteiger partial charge is 0.337 e. The van der Waals surface area contributed by atoms with Gasteiger partial charge in [-0.25, -0.2) is 9.48 Å². The summed E-state index contributed by atoms with van der Waals surface area (Å²) in [5, 5.41) is 17.4. The summed E-state index contributed by atoms with van der Waals surface area (Å²) in [6.07, 6.45) is 0. The van der Waals surface area contributed by atoms with Gasteiger partial charge in [-0.2, -0.15) is 0 Å². The van der Waals surface area contributed by atoms with Gasteiger partial charge in [0.2, 0.25) is 0 Å². The van der Waals surface area contributed by atoms with E-state index in [1.54, 1.807) is 22.9 Å². The Morgan fingerprint density at radius 2 is 2.06 bits per heavy atom. The normalized spacial score (nSPS) is 13.8. The fourth-order valence-corrected chi connectivity index (χ4v) is 1.80. The monoisotopic (exact) mass is 247 g/mol. The lowest BCUT2D eigenvalue weighted by molar-refractivity contribution is 0.0698. The zero-order valence-corrected chi connectivity index (χ0v) is 11.0. The summed E-state index contributed by atoms with van der Waals surface area (Å²) >= 11 is 0. The first-order valence-corrected chi connectivity index (χ1v) is 5.89. The number of para-hydroxylation sites is 1. The second-order valence-electron chi connectivity index (χ2n) is 5.55. The molecule has 18 heavy (non-hydrogen) atoms. The first kappa shape index (κ1) is 12.5. The third-order valence-electron chi connectivity index (χ3n) is 3.34. The van der Waals surface area contributed by atoms with Crippen LogP contribution in [0.5, 0.6) is 0 Å². The molecule has 1 unspecified atom stereocenters. The van der Waals surface area contributed by atoms with Gasteiger partial charge in [-0.3, -0.25) is 0 Å². The Kier molecular flexibility index (Phi) is 2.84. The summed E-state index contributed by atoms with van der Waals surface area (Å²) in [4.78, 5) is 11.3. The highest BCUT2D eigenvalue weighted by atomic mass is 16.4. The molecule has 5 nitrogen and oxygen atoms in total. The molecule has 0 aliphatic carbocycles.